The Morgan fingerprint density at radius 2 is 2.05 bits per heavy atom. The van der Waals surface area contributed by atoms with Crippen molar-refractivity contribution < 1.29 is 0 Å². The van der Waals surface area contributed by atoms with Crippen LogP contribution in [0.25, 0.3) is 16.8 Å². The highest BCUT2D eigenvalue weighted by molar-refractivity contribution is 8.78. The van der Waals surface area contributed by atoms with Crippen molar-refractivity contribution in [2.24, 2.45) is 4.40 Å². The number of benzene rings is 1. The second kappa shape index (κ2) is 6.02. The first kappa shape index (κ1) is 13.7. The number of nitriles is 1. The first-order valence-corrected chi connectivity index (χ1v) is 8.89. The van der Waals surface area contributed by atoms with Crippen LogP contribution >= 0.6 is 44.7 Å². The maximum Gasteiger partial charge on any atom is 0.154 e. The molecule has 0 saturated carbocycles. The molecule has 1 aromatic carbocycles. The fourth-order valence-corrected chi connectivity index (χ4v) is 4.81. The summed E-state index contributed by atoms with van der Waals surface area (Å²) in [4.78, 5) is 5.22. The molecule has 0 N–H and O–H groups in total. The SMILES string of the molecule is N#C/C(=C1/SSN=C1Cl)c1nc(-c2ccccc2)cs1. The number of thiazole rings is 1. The summed E-state index contributed by atoms with van der Waals surface area (Å²) in [6, 6.07) is 12.1. The number of halogens is 1. The zero-order chi connectivity index (χ0) is 13.9. The fraction of sp³-hybridized carbons (Fsp3) is 0. The highest BCUT2D eigenvalue weighted by Gasteiger charge is 2.22. The molecule has 0 bridgehead atoms. The molecule has 1 aliphatic rings. The zero-order valence-corrected chi connectivity index (χ0v) is 13.1. The van der Waals surface area contributed by atoms with Crippen molar-refractivity contribution in [1.29, 1.82) is 5.26 Å². The van der Waals surface area contributed by atoms with Gasteiger partial charge in [0, 0.05) is 10.9 Å². The van der Waals surface area contributed by atoms with Crippen LogP contribution in [-0.4, -0.2) is 10.2 Å². The van der Waals surface area contributed by atoms with Gasteiger partial charge in [-0.3, -0.25) is 0 Å². The van der Waals surface area contributed by atoms with E-state index in [0.29, 0.717) is 20.7 Å². The highest BCUT2D eigenvalue weighted by atomic mass is 35.5. The molecule has 20 heavy (non-hydrogen) atoms. The summed E-state index contributed by atoms with van der Waals surface area (Å²) in [6.45, 7) is 0. The Morgan fingerprint density at radius 3 is 2.70 bits per heavy atom. The van der Waals surface area contributed by atoms with Gasteiger partial charge in [0.05, 0.1) is 21.6 Å². The van der Waals surface area contributed by atoms with Crippen molar-refractivity contribution in [2.45, 2.75) is 0 Å². The normalized spacial score (nSPS) is 16.7. The second-order valence-electron chi connectivity index (χ2n) is 3.76. The van der Waals surface area contributed by atoms with E-state index in [4.69, 9.17) is 11.6 Å². The first-order chi connectivity index (χ1) is 9.79. The lowest BCUT2D eigenvalue weighted by atomic mass is 10.2. The van der Waals surface area contributed by atoms with Gasteiger partial charge in [-0.1, -0.05) is 41.9 Å². The van der Waals surface area contributed by atoms with E-state index in [9.17, 15) is 5.26 Å². The van der Waals surface area contributed by atoms with E-state index in [1.54, 1.807) is 0 Å². The molecular weight excluding hydrogens is 330 g/mol. The van der Waals surface area contributed by atoms with Gasteiger partial charge in [0.25, 0.3) is 0 Å². The van der Waals surface area contributed by atoms with Gasteiger partial charge in [-0.15, -0.1) is 11.3 Å². The minimum atomic E-state index is 0.369. The van der Waals surface area contributed by atoms with Crippen LogP contribution in [0.1, 0.15) is 5.01 Å². The van der Waals surface area contributed by atoms with Gasteiger partial charge in [-0.2, -0.15) is 9.66 Å². The summed E-state index contributed by atoms with van der Waals surface area (Å²) in [5.74, 6) is 0. The Labute approximate surface area is 132 Å². The molecule has 7 heteroatoms. The Hall–Kier alpha value is -1.26. The predicted molar refractivity (Wildman–Crippen MR) is 88.6 cm³/mol. The van der Waals surface area contributed by atoms with Crippen molar-refractivity contribution >= 4 is 55.5 Å². The molecule has 1 aliphatic heterocycles. The van der Waals surface area contributed by atoms with E-state index in [0.717, 1.165) is 11.3 Å². The van der Waals surface area contributed by atoms with Crippen LogP contribution in [0.4, 0.5) is 0 Å². The zero-order valence-electron chi connectivity index (χ0n) is 9.91. The van der Waals surface area contributed by atoms with Crippen LogP contribution in [0.2, 0.25) is 0 Å². The molecule has 0 spiro atoms. The van der Waals surface area contributed by atoms with Gasteiger partial charge in [-0.05, 0) is 10.8 Å². The predicted octanol–water partition coefficient (Wildman–Crippen LogP) is 4.99. The Kier molecular flexibility index (Phi) is 4.13. The molecule has 0 aliphatic carbocycles. The van der Waals surface area contributed by atoms with E-state index in [1.807, 2.05) is 35.7 Å². The molecule has 1 aromatic heterocycles. The molecule has 0 amide bonds. The van der Waals surface area contributed by atoms with E-state index in [-0.39, 0.29) is 0 Å². The number of allylic oxidation sites excluding steroid dienone is 2. The monoisotopic (exact) mass is 335 g/mol. The minimum absolute atomic E-state index is 0.369. The van der Waals surface area contributed by atoms with Crippen LogP contribution in [0, 0.1) is 11.3 Å². The number of nitrogens with zero attached hydrogens (tertiary/aromatic N) is 3. The first-order valence-electron chi connectivity index (χ1n) is 5.53. The van der Waals surface area contributed by atoms with Gasteiger partial charge >= 0.3 is 0 Å². The lowest BCUT2D eigenvalue weighted by molar-refractivity contribution is 1.37. The molecule has 98 valence electrons. The number of hydrogen-bond donors (Lipinski definition) is 0. The molecule has 3 rings (SSSR count). The standard InChI is InChI=1S/C13H6ClN3S3/c14-12-11(19-20-17-12)9(6-15)13-16-10(7-18-13)8-4-2-1-3-5-8/h1-5,7H/b11-9-. The third kappa shape index (κ3) is 2.63. The maximum absolute atomic E-state index is 9.36. The van der Waals surface area contributed by atoms with E-state index in [2.05, 4.69) is 15.5 Å². The highest BCUT2D eigenvalue weighted by Crippen LogP contribution is 2.44. The van der Waals surface area contributed by atoms with Crippen molar-refractivity contribution in [1.82, 2.24) is 4.98 Å². The van der Waals surface area contributed by atoms with Gasteiger partial charge in [0.2, 0.25) is 0 Å². The minimum Gasteiger partial charge on any atom is -0.235 e. The van der Waals surface area contributed by atoms with E-state index in [1.165, 1.54) is 33.1 Å². The average Bonchev–Trinajstić information content (AvgIpc) is 3.12. The van der Waals surface area contributed by atoms with E-state index >= 15 is 0 Å². The van der Waals surface area contributed by atoms with Crippen LogP contribution in [0.5, 0.6) is 0 Å². The number of rotatable bonds is 2. The Bertz CT molecular complexity index is 744. The molecule has 0 atom stereocenters. The number of hydrogen-bond acceptors (Lipinski definition) is 6. The van der Waals surface area contributed by atoms with E-state index < -0.39 is 0 Å². The van der Waals surface area contributed by atoms with Gasteiger partial charge < -0.3 is 0 Å². The summed E-state index contributed by atoms with van der Waals surface area (Å²) in [6.07, 6.45) is 0. The Balaban J connectivity index is 2.02. The van der Waals surface area contributed by atoms with Crippen LogP contribution < -0.4 is 0 Å². The molecule has 0 radical (unpaired) electrons. The lowest BCUT2D eigenvalue weighted by Crippen LogP contribution is -1.91. The topological polar surface area (TPSA) is 49.0 Å². The third-order valence-electron chi connectivity index (χ3n) is 2.55. The maximum atomic E-state index is 9.36. The van der Waals surface area contributed by atoms with Gasteiger partial charge in [0.1, 0.15) is 16.6 Å². The summed E-state index contributed by atoms with van der Waals surface area (Å²) < 4.78 is 4.01. The average molecular weight is 336 g/mol. The van der Waals surface area contributed by atoms with Crippen LogP contribution in [0.15, 0.2) is 45.0 Å². The molecule has 2 aromatic rings. The summed E-state index contributed by atoms with van der Waals surface area (Å²) in [7, 11) is 2.66. The quantitative estimate of drug-likeness (QED) is 0.440. The molecule has 0 fully saturated rings. The van der Waals surface area contributed by atoms with Gasteiger partial charge in [-0.25, -0.2) is 4.98 Å². The Morgan fingerprint density at radius 1 is 1.25 bits per heavy atom. The molecular formula is C13H6ClN3S3. The largest absolute Gasteiger partial charge is 0.235 e. The van der Waals surface area contributed by atoms with Crippen molar-refractivity contribution in [3.63, 3.8) is 0 Å². The molecule has 0 unspecified atom stereocenters. The summed E-state index contributed by atoms with van der Waals surface area (Å²) >= 11 is 7.44. The van der Waals surface area contributed by atoms with Crippen LogP contribution in [0.3, 0.4) is 0 Å². The second-order valence-corrected chi connectivity index (χ2v) is 6.83. The fourth-order valence-electron chi connectivity index (χ4n) is 1.64. The van der Waals surface area contributed by atoms with Crippen LogP contribution in [-0.2, 0) is 0 Å². The summed E-state index contributed by atoms with van der Waals surface area (Å²) in [5.41, 5.74) is 2.38. The molecule has 2 heterocycles. The third-order valence-corrected chi connectivity index (χ3v) is 5.74. The molecule has 0 saturated heterocycles. The van der Waals surface area contributed by atoms with Crippen molar-refractivity contribution in [3.05, 3.63) is 45.6 Å². The molecule has 3 nitrogen and oxygen atoms in total. The smallest absolute Gasteiger partial charge is 0.154 e. The van der Waals surface area contributed by atoms with Gasteiger partial charge in [0.15, 0.2) is 5.17 Å². The summed E-state index contributed by atoms with van der Waals surface area (Å²) in [5, 5.41) is 12.3. The number of aromatic nitrogens is 1. The lowest BCUT2D eigenvalue weighted by Gasteiger charge is -1.98. The van der Waals surface area contributed by atoms with Crippen molar-refractivity contribution in [3.8, 4) is 17.3 Å². The van der Waals surface area contributed by atoms with Crippen molar-refractivity contribution in [2.75, 3.05) is 0 Å².